The Morgan fingerprint density at radius 2 is 1.33 bits per heavy atom. The zero-order valence-electron chi connectivity index (χ0n) is 20.3. The number of amides is 1. The highest BCUT2D eigenvalue weighted by Gasteiger charge is 2.12. The molecule has 0 bridgehead atoms. The molecule has 0 saturated carbocycles. The fourth-order valence-corrected chi connectivity index (χ4v) is 3.37. The van der Waals surface area contributed by atoms with E-state index in [2.05, 4.69) is 5.32 Å². The second-order valence-corrected chi connectivity index (χ2v) is 7.42. The zero-order valence-corrected chi connectivity index (χ0v) is 20.3. The molecule has 9 nitrogen and oxygen atoms in total. The number of nitro benzene ring substituents is 1. The first-order valence-corrected chi connectivity index (χ1v) is 10.8. The number of nitrogens with one attached hydrogen (secondary N) is 1. The number of benzene rings is 3. The highest BCUT2D eigenvalue weighted by atomic mass is 16.6. The number of carbonyl (C=O) groups is 1. The normalized spacial score (nSPS) is 10.9. The van der Waals surface area contributed by atoms with Crippen LogP contribution in [-0.4, -0.2) is 39.3 Å². The SMILES string of the molecule is COc1ccc(C=Cc2cc(OC)c(OC)c(OC)c2)cc1NC(=O)/C=C/c1ccc([N+](=O)[O-])cc1. The number of methoxy groups -OCH3 is 4. The van der Waals surface area contributed by atoms with Crippen LogP contribution in [0.2, 0.25) is 0 Å². The molecule has 36 heavy (non-hydrogen) atoms. The van der Waals surface area contributed by atoms with Gasteiger partial charge >= 0.3 is 0 Å². The van der Waals surface area contributed by atoms with Crippen LogP contribution in [0.25, 0.3) is 18.2 Å². The lowest BCUT2D eigenvalue weighted by atomic mass is 10.1. The Bertz CT molecular complexity index is 1270. The third-order valence-corrected chi connectivity index (χ3v) is 5.17. The number of carbonyl (C=O) groups excluding carboxylic acids is 1. The Kier molecular flexibility index (Phi) is 8.66. The van der Waals surface area contributed by atoms with Gasteiger partial charge in [0, 0.05) is 18.2 Å². The molecule has 0 radical (unpaired) electrons. The van der Waals surface area contributed by atoms with Crippen LogP contribution >= 0.6 is 0 Å². The molecule has 0 aromatic heterocycles. The van der Waals surface area contributed by atoms with Gasteiger partial charge in [-0.05, 0) is 59.2 Å². The number of ether oxygens (including phenoxy) is 4. The van der Waals surface area contributed by atoms with Crippen molar-refractivity contribution in [3.05, 3.63) is 87.5 Å². The van der Waals surface area contributed by atoms with Crippen molar-refractivity contribution in [2.24, 2.45) is 0 Å². The lowest BCUT2D eigenvalue weighted by molar-refractivity contribution is -0.384. The second-order valence-electron chi connectivity index (χ2n) is 7.42. The number of anilines is 1. The Morgan fingerprint density at radius 1 is 0.750 bits per heavy atom. The maximum atomic E-state index is 12.5. The summed E-state index contributed by atoms with van der Waals surface area (Å²) in [7, 11) is 6.17. The summed E-state index contributed by atoms with van der Waals surface area (Å²) in [4.78, 5) is 22.8. The Hall–Kier alpha value is -4.79. The summed E-state index contributed by atoms with van der Waals surface area (Å²) in [5, 5.41) is 13.6. The molecule has 1 amide bonds. The Morgan fingerprint density at radius 3 is 1.89 bits per heavy atom. The van der Waals surface area contributed by atoms with Crippen molar-refractivity contribution in [3.63, 3.8) is 0 Å². The van der Waals surface area contributed by atoms with E-state index in [0.29, 0.717) is 34.2 Å². The Labute approximate surface area is 208 Å². The third-order valence-electron chi connectivity index (χ3n) is 5.17. The summed E-state index contributed by atoms with van der Waals surface area (Å²) in [6.45, 7) is 0. The van der Waals surface area contributed by atoms with Crippen molar-refractivity contribution in [2.75, 3.05) is 33.8 Å². The van der Waals surface area contributed by atoms with Gasteiger partial charge in [0.05, 0.1) is 39.0 Å². The van der Waals surface area contributed by atoms with Crippen LogP contribution in [0.1, 0.15) is 16.7 Å². The fourth-order valence-electron chi connectivity index (χ4n) is 3.37. The first-order chi connectivity index (χ1) is 17.4. The van der Waals surface area contributed by atoms with Crippen molar-refractivity contribution >= 4 is 35.5 Å². The number of rotatable bonds is 10. The largest absolute Gasteiger partial charge is 0.495 e. The first-order valence-electron chi connectivity index (χ1n) is 10.8. The molecule has 0 aliphatic carbocycles. The average molecular weight is 491 g/mol. The van der Waals surface area contributed by atoms with E-state index < -0.39 is 4.92 Å². The highest BCUT2D eigenvalue weighted by Crippen LogP contribution is 2.38. The first kappa shape index (κ1) is 25.8. The number of nitrogens with zero attached hydrogens (tertiary/aromatic N) is 1. The predicted molar refractivity (Wildman–Crippen MR) is 139 cm³/mol. The van der Waals surface area contributed by atoms with Gasteiger partial charge in [-0.15, -0.1) is 0 Å². The van der Waals surface area contributed by atoms with Gasteiger partial charge in [0.15, 0.2) is 11.5 Å². The highest BCUT2D eigenvalue weighted by molar-refractivity contribution is 6.03. The summed E-state index contributed by atoms with van der Waals surface area (Å²) in [5.41, 5.74) is 2.78. The van der Waals surface area contributed by atoms with E-state index in [9.17, 15) is 14.9 Å². The molecule has 186 valence electrons. The standard InChI is InChI=1S/C27H26N2O7/c1-33-23-13-9-19(5-6-20-16-24(34-2)27(36-4)25(17-20)35-3)15-22(23)28-26(30)14-10-18-7-11-21(12-8-18)29(31)32/h5-17H,1-4H3,(H,28,30)/b6-5?,14-10+. The van der Waals surface area contributed by atoms with Crippen LogP contribution in [0.15, 0.2) is 60.7 Å². The summed E-state index contributed by atoms with van der Waals surface area (Å²) in [5.74, 6) is 1.71. The number of hydrogen-bond acceptors (Lipinski definition) is 7. The summed E-state index contributed by atoms with van der Waals surface area (Å²) in [6, 6.07) is 14.9. The molecule has 0 aliphatic heterocycles. The topological polar surface area (TPSA) is 109 Å². The van der Waals surface area contributed by atoms with E-state index in [0.717, 1.165) is 11.1 Å². The summed E-state index contributed by atoms with van der Waals surface area (Å²) in [6.07, 6.45) is 6.67. The maximum absolute atomic E-state index is 12.5. The van der Waals surface area contributed by atoms with Gasteiger partial charge in [0.2, 0.25) is 11.7 Å². The van der Waals surface area contributed by atoms with Crippen LogP contribution in [0.3, 0.4) is 0 Å². The minimum atomic E-state index is -0.477. The van der Waals surface area contributed by atoms with Crippen molar-refractivity contribution in [2.45, 2.75) is 0 Å². The predicted octanol–water partition coefficient (Wildman–Crippen LogP) is 5.45. The quantitative estimate of drug-likeness (QED) is 0.174. The smallest absolute Gasteiger partial charge is 0.269 e. The lowest BCUT2D eigenvalue weighted by Crippen LogP contribution is -2.09. The average Bonchev–Trinajstić information content (AvgIpc) is 2.90. The number of nitro groups is 1. The van der Waals surface area contributed by atoms with E-state index >= 15 is 0 Å². The van der Waals surface area contributed by atoms with Crippen molar-refractivity contribution < 1.29 is 28.7 Å². The van der Waals surface area contributed by atoms with Crippen molar-refractivity contribution in [3.8, 4) is 23.0 Å². The maximum Gasteiger partial charge on any atom is 0.269 e. The van der Waals surface area contributed by atoms with Gasteiger partial charge in [-0.3, -0.25) is 14.9 Å². The molecule has 0 heterocycles. The fraction of sp³-hybridized carbons (Fsp3) is 0.148. The lowest BCUT2D eigenvalue weighted by Gasteiger charge is -2.13. The monoisotopic (exact) mass is 490 g/mol. The van der Waals surface area contributed by atoms with Crippen LogP contribution < -0.4 is 24.3 Å². The molecule has 0 spiro atoms. The molecule has 0 aliphatic rings. The molecule has 9 heteroatoms. The van der Waals surface area contributed by atoms with E-state index in [4.69, 9.17) is 18.9 Å². The van der Waals surface area contributed by atoms with Crippen molar-refractivity contribution in [1.82, 2.24) is 0 Å². The second kappa shape index (κ2) is 12.1. The van der Waals surface area contributed by atoms with Gasteiger partial charge in [0.1, 0.15) is 5.75 Å². The van der Waals surface area contributed by atoms with Crippen LogP contribution in [-0.2, 0) is 4.79 Å². The van der Waals surface area contributed by atoms with Crippen LogP contribution in [0, 0.1) is 10.1 Å². The number of non-ortho nitro benzene ring substituents is 1. The van der Waals surface area contributed by atoms with Crippen molar-refractivity contribution in [1.29, 1.82) is 0 Å². The molecular formula is C27H26N2O7. The van der Waals surface area contributed by atoms with E-state index in [-0.39, 0.29) is 11.6 Å². The Balaban J connectivity index is 1.78. The third kappa shape index (κ3) is 6.41. The van der Waals surface area contributed by atoms with E-state index in [1.165, 1.54) is 25.3 Å². The van der Waals surface area contributed by atoms with Crippen LogP contribution in [0.4, 0.5) is 11.4 Å². The minimum absolute atomic E-state index is 0.0160. The molecule has 0 atom stereocenters. The molecule has 3 aromatic carbocycles. The summed E-state index contributed by atoms with van der Waals surface area (Å²) < 4.78 is 21.5. The van der Waals surface area contributed by atoms with E-state index in [1.807, 2.05) is 30.4 Å². The molecule has 0 saturated heterocycles. The van der Waals surface area contributed by atoms with Gasteiger partial charge in [-0.2, -0.15) is 0 Å². The van der Waals surface area contributed by atoms with Crippen LogP contribution in [0.5, 0.6) is 23.0 Å². The molecule has 3 aromatic rings. The minimum Gasteiger partial charge on any atom is -0.495 e. The summed E-state index contributed by atoms with van der Waals surface area (Å²) >= 11 is 0. The van der Waals surface area contributed by atoms with Gasteiger partial charge in [-0.1, -0.05) is 18.2 Å². The van der Waals surface area contributed by atoms with Gasteiger partial charge in [0.25, 0.3) is 5.69 Å². The zero-order chi connectivity index (χ0) is 26.1. The molecular weight excluding hydrogens is 464 g/mol. The molecule has 0 unspecified atom stereocenters. The van der Waals surface area contributed by atoms with Gasteiger partial charge in [-0.25, -0.2) is 0 Å². The van der Waals surface area contributed by atoms with E-state index in [1.54, 1.807) is 51.7 Å². The molecule has 3 rings (SSSR count). The molecule has 0 fully saturated rings. The van der Waals surface area contributed by atoms with Gasteiger partial charge < -0.3 is 24.3 Å². The molecule has 1 N–H and O–H groups in total. The number of hydrogen-bond donors (Lipinski definition) is 1.